The standard InChI is InChI=1S/C13H19BrIN/c1-4-16-13(7-9(2)3)11-8-10(15)5-6-12(11)14/h5-6,8-9,13,16H,4,7H2,1-3H3. The molecule has 0 aliphatic carbocycles. The van der Waals surface area contributed by atoms with E-state index in [4.69, 9.17) is 0 Å². The Bertz CT molecular complexity index is 339. The average Bonchev–Trinajstić information content (AvgIpc) is 2.20. The van der Waals surface area contributed by atoms with Crippen molar-refractivity contribution in [2.24, 2.45) is 5.92 Å². The van der Waals surface area contributed by atoms with Gasteiger partial charge in [0, 0.05) is 14.1 Å². The summed E-state index contributed by atoms with van der Waals surface area (Å²) in [5, 5.41) is 3.56. The summed E-state index contributed by atoms with van der Waals surface area (Å²) >= 11 is 6.02. The van der Waals surface area contributed by atoms with Crippen LogP contribution in [-0.4, -0.2) is 6.54 Å². The summed E-state index contributed by atoms with van der Waals surface area (Å²) in [4.78, 5) is 0. The van der Waals surface area contributed by atoms with Crippen LogP contribution in [0.4, 0.5) is 0 Å². The fourth-order valence-corrected chi connectivity index (χ4v) is 2.86. The fraction of sp³-hybridized carbons (Fsp3) is 0.538. The molecule has 0 saturated carbocycles. The third kappa shape index (κ3) is 4.34. The van der Waals surface area contributed by atoms with Gasteiger partial charge in [-0.05, 0) is 65.2 Å². The van der Waals surface area contributed by atoms with E-state index in [1.807, 2.05) is 0 Å². The van der Waals surface area contributed by atoms with Gasteiger partial charge >= 0.3 is 0 Å². The normalized spacial score (nSPS) is 13.1. The Morgan fingerprint density at radius 2 is 2.06 bits per heavy atom. The second-order valence-electron chi connectivity index (χ2n) is 4.41. The topological polar surface area (TPSA) is 12.0 Å². The molecule has 1 atom stereocenters. The van der Waals surface area contributed by atoms with E-state index >= 15 is 0 Å². The maximum Gasteiger partial charge on any atom is 0.0334 e. The summed E-state index contributed by atoms with van der Waals surface area (Å²) in [6, 6.07) is 6.99. The van der Waals surface area contributed by atoms with Crippen LogP contribution in [-0.2, 0) is 0 Å². The molecule has 0 aliphatic heterocycles. The first-order valence-corrected chi connectivity index (χ1v) is 7.60. The molecule has 1 rings (SSSR count). The summed E-state index contributed by atoms with van der Waals surface area (Å²) in [6.45, 7) is 7.71. The first-order chi connectivity index (χ1) is 7.54. The summed E-state index contributed by atoms with van der Waals surface area (Å²) in [5.41, 5.74) is 1.38. The van der Waals surface area contributed by atoms with Crippen molar-refractivity contribution in [1.82, 2.24) is 5.32 Å². The second kappa shape index (κ2) is 6.97. The maximum absolute atomic E-state index is 3.65. The molecule has 0 fully saturated rings. The highest BCUT2D eigenvalue weighted by Crippen LogP contribution is 2.29. The SMILES string of the molecule is CCNC(CC(C)C)c1cc(I)ccc1Br. The van der Waals surface area contributed by atoms with Crippen molar-refractivity contribution in [3.63, 3.8) is 0 Å². The van der Waals surface area contributed by atoms with Gasteiger partial charge in [0.05, 0.1) is 0 Å². The highest BCUT2D eigenvalue weighted by molar-refractivity contribution is 14.1. The molecule has 1 unspecified atom stereocenters. The highest BCUT2D eigenvalue weighted by atomic mass is 127. The number of halogens is 2. The van der Waals surface area contributed by atoms with Crippen LogP contribution in [0.3, 0.4) is 0 Å². The Balaban J connectivity index is 2.94. The van der Waals surface area contributed by atoms with Crippen molar-refractivity contribution in [2.75, 3.05) is 6.54 Å². The van der Waals surface area contributed by atoms with Gasteiger partial charge in [-0.2, -0.15) is 0 Å². The Morgan fingerprint density at radius 3 is 2.62 bits per heavy atom. The minimum atomic E-state index is 0.453. The van der Waals surface area contributed by atoms with Crippen LogP contribution in [0.5, 0.6) is 0 Å². The van der Waals surface area contributed by atoms with E-state index in [-0.39, 0.29) is 0 Å². The summed E-state index contributed by atoms with van der Waals surface area (Å²) < 4.78 is 2.50. The lowest BCUT2D eigenvalue weighted by molar-refractivity contribution is 0.437. The van der Waals surface area contributed by atoms with Crippen molar-refractivity contribution < 1.29 is 0 Å². The molecule has 0 bridgehead atoms. The minimum Gasteiger partial charge on any atom is -0.310 e. The predicted octanol–water partition coefficient (Wildman–Crippen LogP) is 4.75. The summed E-state index contributed by atoms with van der Waals surface area (Å²) in [7, 11) is 0. The van der Waals surface area contributed by atoms with Crippen LogP contribution in [0.2, 0.25) is 0 Å². The van der Waals surface area contributed by atoms with E-state index in [1.54, 1.807) is 0 Å². The van der Waals surface area contributed by atoms with Crippen molar-refractivity contribution in [3.8, 4) is 0 Å². The number of hydrogen-bond acceptors (Lipinski definition) is 1. The largest absolute Gasteiger partial charge is 0.310 e. The van der Waals surface area contributed by atoms with Gasteiger partial charge in [0.2, 0.25) is 0 Å². The molecule has 0 saturated heterocycles. The Labute approximate surface area is 121 Å². The van der Waals surface area contributed by atoms with Gasteiger partial charge in [-0.15, -0.1) is 0 Å². The van der Waals surface area contributed by atoms with Crippen molar-refractivity contribution in [2.45, 2.75) is 33.2 Å². The zero-order valence-corrected chi connectivity index (χ0v) is 13.8. The Hall–Kier alpha value is 0.390. The van der Waals surface area contributed by atoms with Gasteiger partial charge in [0.1, 0.15) is 0 Å². The number of hydrogen-bond donors (Lipinski definition) is 1. The third-order valence-electron chi connectivity index (χ3n) is 2.49. The maximum atomic E-state index is 3.65. The molecule has 0 aromatic heterocycles. The van der Waals surface area contributed by atoms with Crippen LogP contribution in [0.1, 0.15) is 38.8 Å². The van der Waals surface area contributed by atoms with Crippen LogP contribution in [0.25, 0.3) is 0 Å². The molecule has 1 aromatic carbocycles. The number of rotatable bonds is 5. The average molecular weight is 396 g/mol. The molecule has 0 aliphatic rings. The van der Waals surface area contributed by atoms with E-state index < -0.39 is 0 Å². The summed E-state index contributed by atoms with van der Waals surface area (Å²) in [6.07, 6.45) is 1.17. The smallest absolute Gasteiger partial charge is 0.0334 e. The van der Waals surface area contributed by atoms with Crippen LogP contribution >= 0.6 is 38.5 Å². The molecule has 0 spiro atoms. The second-order valence-corrected chi connectivity index (χ2v) is 6.51. The van der Waals surface area contributed by atoms with Gasteiger partial charge in [-0.1, -0.05) is 36.7 Å². The highest BCUT2D eigenvalue weighted by Gasteiger charge is 2.15. The molecule has 16 heavy (non-hydrogen) atoms. The molecule has 1 N–H and O–H groups in total. The van der Waals surface area contributed by atoms with E-state index in [0.29, 0.717) is 12.0 Å². The van der Waals surface area contributed by atoms with E-state index in [0.717, 1.165) is 6.54 Å². The van der Waals surface area contributed by atoms with Gasteiger partial charge in [-0.25, -0.2) is 0 Å². The van der Waals surface area contributed by atoms with Crippen molar-refractivity contribution in [1.29, 1.82) is 0 Å². The third-order valence-corrected chi connectivity index (χ3v) is 3.88. The lowest BCUT2D eigenvalue weighted by Crippen LogP contribution is -2.22. The number of nitrogens with one attached hydrogen (secondary N) is 1. The van der Waals surface area contributed by atoms with Crippen LogP contribution in [0.15, 0.2) is 22.7 Å². The summed E-state index contributed by atoms with van der Waals surface area (Å²) in [5.74, 6) is 0.703. The molecule has 3 heteroatoms. The van der Waals surface area contributed by atoms with Crippen LogP contribution < -0.4 is 5.32 Å². The van der Waals surface area contributed by atoms with Gasteiger partial charge in [0.15, 0.2) is 0 Å². The minimum absolute atomic E-state index is 0.453. The lowest BCUT2D eigenvalue weighted by Gasteiger charge is -2.22. The molecule has 90 valence electrons. The van der Waals surface area contributed by atoms with E-state index in [1.165, 1.54) is 20.0 Å². The fourth-order valence-electron chi connectivity index (χ4n) is 1.82. The zero-order chi connectivity index (χ0) is 12.1. The first-order valence-electron chi connectivity index (χ1n) is 5.73. The van der Waals surface area contributed by atoms with Crippen molar-refractivity contribution >= 4 is 38.5 Å². The van der Waals surface area contributed by atoms with E-state index in [2.05, 4.69) is 82.8 Å². The van der Waals surface area contributed by atoms with Gasteiger partial charge < -0.3 is 5.32 Å². The van der Waals surface area contributed by atoms with E-state index in [9.17, 15) is 0 Å². The predicted molar refractivity (Wildman–Crippen MR) is 82.7 cm³/mol. The lowest BCUT2D eigenvalue weighted by atomic mass is 9.97. The number of benzene rings is 1. The molecule has 0 amide bonds. The van der Waals surface area contributed by atoms with Gasteiger partial charge in [-0.3, -0.25) is 0 Å². The first kappa shape index (κ1) is 14.5. The molecule has 1 nitrogen and oxygen atoms in total. The molecular weight excluding hydrogens is 377 g/mol. The quantitative estimate of drug-likeness (QED) is 0.709. The van der Waals surface area contributed by atoms with Gasteiger partial charge in [0.25, 0.3) is 0 Å². The molecule has 1 aromatic rings. The Morgan fingerprint density at radius 1 is 1.38 bits per heavy atom. The van der Waals surface area contributed by atoms with Crippen molar-refractivity contribution in [3.05, 3.63) is 31.8 Å². The molecule has 0 radical (unpaired) electrons. The molecule has 0 heterocycles. The monoisotopic (exact) mass is 395 g/mol. The van der Waals surface area contributed by atoms with Crippen LogP contribution in [0, 0.1) is 9.49 Å². The molecular formula is C13H19BrIN. The zero-order valence-electron chi connectivity index (χ0n) is 10.1. The Kier molecular flexibility index (Phi) is 6.29.